The molecule has 1 amide bonds. The van der Waals surface area contributed by atoms with Gasteiger partial charge < -0.3 is 14.2 Å². The normalized spacial score (nSPS) is 14.4. The monoisotopic (exact) mass is 346 g/mol. The Morgan fingerprint density at radius 1 is 1.25 bits per heavy atom. The van der Waals surface area contributed by atoms with Crippen molar-refractivity contribution in [2.45, 2.75) is 20.0 Å². The quantitative estimate of drug-likeness (QED) is 0.858. The minimum atomic E-state index is -0.257. The maximum atomic E-state index is 12.6. The Balaban J connectivity index is 1.71. The predicted molar refractivity (Wildman–Crippen MR) is 92.9 cm³/mol. The van der Waals surface area contributed by atoms with Crippen molar-refractivity contribution in [3.63, 3.8) is 0 Å². The first kappa shape index (κ1) is 16.6. The average Bonchev–Trinajstić information content (AvgIpc) is 2.49. The van der Waals surface area contributed by atoms with Crippen molar-refractivity contribution < 1.29 is 9.53 Å². The van der Waals surface area contributed by atoms with E-state index in [0.717, 1.165) is 5.69 Å². The Labute approximate surface area is 145 Å². The summed E-state index contributed by atoms with van der Waals surface area (Å²) in [7, 11) is 1.67. The molecule has 0 saturated carbocycles. The van der Waals surface area contributed by atoms with Crippen LogP contribution in [0.4, 0.5) is 0 Å². The summed E-state index contributed by atoms with van der Waals surface area (Å²) in [4.78, 5) is 26.6. The highest BCUT2D eigenvalue weighted by molar-refractivity contribution is 6.32. The van der Waals surface area contributed by atoms with E-state index in [0.29, 0.717) is 29.4 Å². The van der Waals surface area contributed by atoms with Gasteiger partial charge in [-0.15, -0.1) is 0 Å². The highest BCUT2D eigenvalue weighted by atomic mass is 35.5. The Morgan fingerprint density at radius 2 is 1.92 bits per heavy atom. The molecule has 1 aromatic heterocycles. The number of amides is 1. The van der Waals surface area contributed by atoms with Gasteiger partial charge in [-0.1, -0.05) is 23.7 Å². The molecule has 0 bridgehead atoms. The van der Waals surface area contributed by atoms with Crippen molar-refractivity contribution >= 4 is 17.5 Å². The zero-order chi connectivity index (χ0) is 17.4. The summed E-state index contributed by atoms with van der Waals surface area (Å²) >= 11 is 6.07. The van der Waals surface area contributed by atoms with Crippen molar-refractivity contribution in [3.05, 3.63) is 62.5 Å². The molecule has 2 heterocycles. The third kappa shape index (κ3) is 2.91. The molecule has 1 aromatic carbocycles. The minimum Gasteiger partial charge on any atom is -0.485 e. The van der Waals surface area contributed by atoms with Gasteiger partial charge in [0, 0.05) is 12.7 Å². The number of hydrogen-bond donors (Lipinski definition) is 0. The summed E-state index contributed by atoms with van der Waals surface area (Å²) in [5, 5.41) is 0.547. The van der Waals surface area contributed by atoms with E-state index in [2.05, 4.69) is 0 Å². The van der Waals surface area contributed by atoms with Gasteiger partial charge in [-0.2, -0.15) is 0 Å². The summed E-state index contributed by atoms with van der Waals surface area (Å²) in [5.74, 6) is 0.366. The molecular weight excluding hydrogens is 328 g/mol. The minimum absolute atomic E-state index is 0.108. The van der Waals surface area contributed by atoms with Gasteiger partial charge in [0.05, 0.1) is 18.1 Å². The summed E-state index contributed by atoms with van der Waals surface area (Å²) in [6, 6.07) is 9.10. The molecule has 1 aliphatic heterocycles. The Kier molecular flexibility index (Phi) is 4.37. The van der Waals surface area contributed by atoms with Crippen molar-refractivity contribution in [3.8, 4) is 5.75 Å². The molecule has 6 heteroatoms. The van der Waals surface area contributed by atoms with Gasteiger partial charge in [0.15, 0.2) is 0 Å². The Hall–Kier alpha value is -2.27. The molecule has 0 N–H and O–H groups in total. The summed E-state index contributed by atoms with van der Waals surface area (Å²) < 4.78 is 7.29. The van der Waals surface area contributed by atoms with E-state index < -0.39 is 0 Å². The van der Waals surface area contributed by atoms with Crippen LogP contribution in [0.5, 0.6) is 5.75 Å². The van der Waals surface area contributed by atoms with Gasteiger partial charge in [0.2, 0.25) is 0 Å². The van der Waals surface area contributed by atoms with Gasteiger partial charge in [-0.25, -0.2) is 0 Å². The number of hydrogen-bond acceptors (Lipinski definition) is 3. The van der Waals surface area contributed by atoms with Crippen molar-refractivity contribution in [2.24, 2.45) is 7.05 Å². The molecule has 126 valence electrons. The number of aryl methyl sites for hydroxylation is 2. The lowest BCUT2D eigenvalue weighted by Gasteiger charge is -2.39. The predicted octanol–water partition coefficient (Wildman–Crippen LogP) is 2.56. The number of benzene rings is 1. The van der Waals surface area contributed by atoms with Crippen LogP contribution in [-0.2, 0) is 7.05 Å². The zero-order valence-corrected chi connectivity index (χ0v) is 14.6. The fourth-order valence-corrected chi connectivity index (χ4v) is 2.98. The molecule has 1 aliphatic rings. The first-order valence-electron chi connectivity index (χ1n) is 7.76. The molecule has 0 radical (unpaired) electrons. The number of carbonyl (C=O) groups is 1. The fourth-order valence-electron chi connectivity index (χ4n) is 2.80. The first-order chi connectivity index (χ1) is 11.4. The number of rotatable bonds is 3. The lowest BCUT2D eigenvalue weighted by molar-refractivity contribution is 0.0176. The molecule has 0 aliphatic carbocycles. The molecular formula is C18H19ClN2O3. The maximum absolute atomic E-state index is 12.6. The van der Waals surface area contributed by atoms with E-state index in [1.54, 1.807) is 31.0 Å². The van der Waals surface area contributed by atoms with Crippen molar-refractivity contribution in [1.29, 1.82) is 0 Å². The van der Waals surface area contributed by atoms with Crippen LogP contribution >= 0.6 is 11.6 Å². The number of pyridine rings is 1. The second kappa shape index (κ2) is 6.32. The molecule has 2 aromatic rings. The van der Waals surface area contributed by atoms with Gasteiger partial charge in [-0.3, -0.25) is 9.59 Å². The van der Waals surface area contributed by atoms with Crippen LogP contribution in [0.15, 0.2) is 35.1 Å². The first-order valence-corrected chi connectivity index (χ1v) is 8.14. The lowest BCUT2D eigenvalue weighted by atomic mass is 10.1. The molecule has 0 atom stereocenters. The highest BCUT2D eigenvalue weighted by Gasteiger charge is 2.35. The van der Waals surface area contributed by atoms with Gasteiger partial charge >= 0.3 is 0 Å². The molecule has 1 saturated heterocycles. The summed E-state index contributed by atoms with van der Waals surface area (Å²) in [6.45, 7) is 4.53. The van der Waals surface area contributed by atoms with E-state index in [4.69, 9.17) is 16.3 Å². The summed E-state index contributed by atoms with van der Waals surface area (Å²) in [6.07, 6.45) is -0.108. The SMILES string of the molecule is Cc1cc(C)n(C)c(=O)c1C(=O)N1CC(Oc2ccccc2Cl)C1. The van der Waals surface area contributed by atoms with Gasteiger partial charge in [0.1, 0.15) is 17.4 Å². The molecule has 24 heavy (non-hydrogen) atoms. The number of aromatic nitrogens is 1. The average molecular weight is 347 g/mol. The van der Waals surface area contributed by atoms with E-state index in [1.165, 1.54) is 4.57 Å². The number of likely N-dealkylation sites (tertiary alicyclic amines) is 1. The number of nitrogens with zero attached hydrogens (tertiary/aromatic N) is 2. The molecule has 3 rings (SSSR count). The van der Waals surface area contributed by atoms with Gasteiger partial charge in [0.25, 0.3) is 11.5 Å². The summed E-state index contributed by atoms with van der Waals surface area (Å²) in [5.41, 5.74) is 1.51. The van der Waals surface area contributed by atoms with Crippen molar-refractivity contribution in [2.75, 3.05) is 13.1 Å². The van der Waals surface area contributed by atoms with Crippen LogP contribution < -0.4 is 10.3 Å². The van der Waals surface area contributed by atoms with E-state index >= 15 is 0 Å². The van der Waals surface area contributed by atoms with Crippen LogP contribution in [0.25, 0.3) is 0 Å². The van der Waals surface area contributed by atoms with Crippen LogP contribution in [0.2, 0.25) is 5.02 Å². The van der Waals surface area contributed by atoms with Crippen LogP contribution in [-0.4, -0.2) is 34.6 Å². The second-order valence-electron chi connectivity index (χ2n) is 6.09. The lowest BCUT2D eigenvalue weighted by Crippen LogP contribution is -2.57. The number of carbonyl (C=O) groups excluding carboxylic acids is 1. The highest BCUT2D eigenvalue weighted by Crippen LogP contribution is 2.27. The van der Waals surface area contributed by atoms with E-state index in [9.17, 15) is 9.59 Å². The molecule has 0 spiro atoms. The number of halogens is 1. The third-order valence-corrected chi connectivity index (χ3v) is 4.66. The Bertz CT molecular complexity index is 854. The van der Waals surface area contributed by atoms with Gasteiger partial charge in [-0.05, 0) is 37.6 Å². The zero-order valence-electron chi connectivity index (χ0n) is 13.9. The topological polar surface area (TPSA) is 51.5 Å². The van der Waals surface area contributed by atoms with Crippen LogP contribution in [0.3, 0.4) is 0 Å². The molecule has 1 fully saturated rings. The maximum Gasteiger partial charge on any atom is 0.263 e. The number of para-hydroxylation sites is 1. The smallest absolute Gasteiger partial charge is 0.263 e. The molecule has 5 nitrogen and oxygen atoms in total. The largest absolute Gasteiger partial charge is 0.485 e. The standard InChI is InChI=1S/C18H19ClN2O3/c1-11-8-12(2)20(3)17(22)16(11)18(23)21-9-13(10-21)24-15-7-5-4-6-14(15)19/h4-8,13H,9-10H2,1-3H3. The second-order valence-corrected chi connectivity index (χ2v) is 6.50. The fraction of sp³-hybridized carbons (Fsp3) is 0.333. The van der Waals surface area contributed by atoms with Crippen LogP contribution in [0.1, 0.15) is 21.6 Å². The number of ether oxygens (including phenoxy) is 1. The molecule has 0 unspecified atom stereocenters. The van der Waals surface area contributed by atoms with E-state index in [-0.39, 0.29) is 23.1 Å². The van der Waals surface area contributed by atoms with Crippen molar-refractivity contribution in [1.82, 2.24) is 9.47 Å². The third-order valence-electron chi connectivity index (χ3n) is 4.35. The van der Waals surface area contributed by atoms with E-state index in [1.807, 2.05) is 25.1 Å². The Morgan fingerprint density at radius 3 is 2.58 bits per heavy atom. The van der Waals surface area contributed by atoms with Crippen LogP contribution in [0, 0.1) is 13.8 Å².